The summed E-state index contributed by atoms with van der Waals surface area (Å²) in [6.07, 6.45) is 1.41. The maximum absolute atomic E-state index is 12.6. The maximum atomic E-state index is 12.6. The summed E-state index contributed by atoms with van der Waals surface area (Å²) in [6, 6.07) is 6.48. The van der Waals surface area contributed by atoms with Gasteiger partial charge in [0.1, 0.15) is 0 Å². The summed E-state index contributed by atoms with van der Waals surface area (Å²) in [5.41, 5.74) is 5.92. The smallest absolute Gasteiger partial charge is 0.255 e. The summed E-state index contributed by atoms with van der Waals surface area (Å²) in [6.45, 7) is 3.62. The largest absolute Gasteiger partial charge is 0.338 e. The first-order valence-corrected chi connectivity index (χ1v) is 8.96. The molecule has 0 saturated carbocycles. The monoisotopic (exact) mass is 310 g/mol. The second kappa shape index (κ2) is 6.58. The van der Waals surface area contributed by atoms with Crippen LogP contribution in [0, 0.1) is 5.92 Å². The van der Waals surface area contributed by atoms with Crippen molar-refractivity contribution in [2.45, 2.75) is 24.7 Å². The molecule has 0 spiro atoms. The molecule has 1 aromatic carbocycles. The van der Waals surface area contributed by atoms with Gasteiger partial charge in [0.15, 0.2) is 9.84 Å². The normalized spacial score (nSPS) is 19.0. The molecule has 2 rings (SSSR count). The number of hydrogen-bond acceptors (Lipinski definition) is 4. The first-order valence-electron chi connectivity index (χ1n) is 7.30. The van der Waals surface area contributed by atoms with E-state index in [-0.39, 0.29) is 22.1 Å². The third kappa shape index (κ3) is 3.44. The number of nitrogens with two attached hydrogens (primary N) is 1. The van der Waals surface area contributed by atoms with Crippen LogP contribution in [0.15, 0.2) is 29.2 Å². The van der Waals surface area contributed by atoms with Crippen LogP contribution in [0.5, 0.6) is 0 Å². The summed E-state index contributed by atoms with van der Waals surface area (Å²) in [5, 5.41) is 0. The lowest BCUT2D eigenvalue weighted by Crippen LogP contribution is -2.31. The van der Waals surface area contributed by atoms with Crippen molar-refractivity contribution in [1.82, 2.24) is 4.90 Å². The Morgan fingerprint density at radius 3 is 2.71 bits per heavy atom. The van der Waals surface area contributed by atoms with E-state index in [2.05, 4.69) is 0 Å². The Labute approximate surface area is 126 Å². The molecule has 2 N–H and O–H groups in total. The highest BCUT2D eigenvalue weighted by atomic mass is 32.2. The number of carbonyl (C=O) groups excluding carboxylic acids is 1. The SMILES string of the molecule is CCCS(=O)(=O)c1ccccc1C(=O)N1CC[C@@H](CN)C1. The molecular formula is C15H22N2O3S. The van der Waals surface area contributed by atoms with Gasteiger partial charge in [-0.3, -0.25) is 4.79 Å². The molecule has 1 aliphatic heterocycles. The molecule has 5 nitrogen and oxygen atoms in total. The highest BCUT2D eigenvalue weighted by Gasteiger charge is 2.29. The van der Waals surface area contributed by atoms with Crippen LogP contribution >= 0.6 is 0 Å². The average molecular weight is 310 g/mol. The molecule has 1 atom stereocenters. The van der Waals surface area contributed by atoms with Gasteiger partial charge >= 0.3 is 0 Å². The maximum Gasteiger partial charge on any atom is 0.255 e. The Kier molecular flexibility index (Phi) is 5.00. The molecule has 1 aliphatic rings. The highest BCUT2D eigenvalue weighted by Crippen LogP contribution is 2.23. The van der Waals surface area contributed by atoms with Gasteiger partial charge in [-0.2, -0.15) is 0 Å². The van der Waals surface area contributed by atoms with Crippen LogP contribution in [0.3, 0.4) is 0 Å². The summed E-state index contributed by atoms with van der Waals surface area (Å²) in [7, 11) is -3.41. The van der Waals surface area contributed by atoms with Gasteiger partial charge in [-0.15, -0.1) is 0 Å². The number of sulfone groups is 1. The van der Waals surface area contributed by atoms with Crippen molar-refractivity contribution >= 4 is 15.7 Å². The number of amides is 1. The van der Waals surface area contributed by atoms with Gasteiger partial charge < -0.3 is 10.6 Å². The van der Waals surface area contributed by atoms with Gasteiger partial charge in [-0.05, 0) is 37.4 Å². The Morgan fingerprint density at radius 2 is 2.10 bits per heavy atom. The average Bonchev–Trinajstić information content (AvgIpc) is 2.95. The molecule has 0 bridgehead atoms. The van der Waals surface area contributed by atoms with E-state index in [1.54, 1.807) is 23.1 Å². The second-order valence-electron chi connectivity index (χ2n) is 5.46. The van der Waals surface area contributed by atoms with Crippen molar-refractivity contribution in [2.24, 2.45) is 11.7 Å². The van der Waals surface area contributed by atoms with E-state index in [1.165, 1.54) is 6.07 Å². The van der Waals surface area contributed by atoms with Crippen LogP contribution in [-0.2, 0) is 9.84 Å². The fraction of sp³-hybridized carbons (Fsp3) is 0.533. The number of nitrogens with zero attached hydrogens (tertiary/aromatic N) is 1. The number of hydrogen-bond donors (Lipinski definition) is 1. The van der Waals surface area contributed by atoms with Crippen LogP contribution in [0.4, 0.5) is 0 Å². The van der Waals surface area contributed by atoms with Crippen LogP contribution in [0.1, 0.15) is 30.1 Å². The van der Waals surface area contributed by atoms with Crippen LogP contribution in [0.25, 0.3) is 0 Å². The molecular weight excluding hydrogens is 288 g/mol. The Hall–Kier alpha value is -1.40. The van der Waals surface area contributed by atoms with Gasteiger partial charge in [-0.25, -0.2) is 8.42 Å². The minimum atomic E-state index is -3.41. The zero-order valence-electron chi connectivity index (χ0n) is 12.3. The van der Waals surface area contributed by atoms with Gasteiger partial charge in [0.05, 0.1) is 16.2 Å². The van der Waals surface area contributed by atoms with Crippen molar-refractivity contribution in [3.63, 3.8) is 0 Å². The Morgan fingerprint density at radius 1 is 1.38 bits per heavy atom. The molecule has 1 aromatic rings. The molecule has 0 aromatic heterocycles. The van der Waals surface area contributed by atoms with E-state index < -0.39 is 9.84 Å². The number of benzene rings is 1. The van der Waals surface area contributed by atoms with E-state index >= 15 is 0 Å². The third-order valence-corrected chi connectivity index (χ3v) is 5.80. The molecule has 1 fully saturated rings. The molecule has 0 unspecified atom stereocenters. The summed E-state index contributed by atoms with van der Waals surface area (Å²) in [5.74, 6) is 0.164. The van der Waals surface area contributed by atoms with E-state index in [1.807, 2.05) is 6.92 Å². The van der Waals surface area contributed by atoms with Crippen LogP contribution in [0.2, 0.25) is 0 Å². The summed E-state index contributed by atoms with van der Waals surface area (Å²) < 4.78 is 24.6. The molecule has 1 heterocycles. The van der Waals surface area contributed by atoms with Crippen molar-refractivity contribution in [2.75, 3.05) is 25.4 Å². The van der Waals surface area contributed by atoms with Gasteiger partial charge in [0.25, 0.3) is 5.91 Å². The molecule has 1 saturated heterocycles. The van der Waals surface area contributed by atoms with Gasteiger partial charge in [-0.1, -0.05) is 19.1 Å². The van der Waals surface area contributed by atoms with Crippen molar-refractivity contribution in [3.05, 3.63) is 29.8 Å². The van der Waals surface area contributed by atoms with Gasteiger partial charge in [0, 0.05) is 13.1 Å². The highest BCUT2D eigenvalue weighted by molar-refractivity contribution is 7.91. The molecule has 0 radical (unpaired) electrons. The Balaban J connectivity index is 2.30. The lowest BCUT2D eigenvalue weighted by Gasteiger charge is -2.18. The number of rotatable bonds is 5. The fourth-order valence-corrected chi connectivity index (χ4v) is 4.21. The Bertz CT molecular complexity index is 613. The zero-order chi connectivity index (χ0) is 15.5. The zero-order valence-corrected chi connectivity index (χ0v) is 13.1. The summed E-state index contributed by atoms with van der Waals surface area (Å²) >= 11 is 0. The topological polar surface area (TPSA) is 80.5 Å². The second-order valence-corrected chi connectivity index (χ2v) is 7.53. The van der Waals surface area contributed by atoms with Crippen molar-refractivity contribution < 1.29 is 13.2 Å². The standard InChI is InChI=1S/C15H22N2O3S/c1-2-9-21(19,20)14-6-4-3-5-13(14)15(18)17-8-7-12(10-16)11-17/h3-6,12H,2,7-11,16H2,1H3/t12-/m0/s1. The predicted molar refractivity (Wildman–Crippen MR) is 81.9 cm³/mol. The van der Waals surface area contributed by atoms with Crippen molar-refractivity contribution in [3.8, 4) is 0 Å². The first kappa shape index (κ1) is 16.0. The lowest BCUT2D eigenvalue weighted by molar-refractivity contribution is 0.0784. The van der Waals surface area contributed by atoms with Crippen LogP contribution < -0.4 is 5.73 Å². The quantitative estimate of drug-likeness (QED) is 0.888. The summed E-state index contributed by atoms with van der Waals surface area (Å²) in [4.78, 5) is 14.5. The minimum absolute atomic E-state index is 0.0583. The minimum Gasteiger partial charge on any atom is -0.338 e. The lowest BCUT2D eigenvalue weighted by atomic mass is 10.1. The fourth-order valence-electron chi connectivity index (χ4n) is 2.67. The molecule has 0 aliphatic carbocycles. The van der Waals surface area contributed by atoms with Crippen LogP contribution in [-0.4, -0.2) is 44.6 Å². The van der Waals surface area contributed by atoms with E-state index in [0.717, 1.165) is 6.42 Å². The molecule has 116 valence electrons. The van der Waals surface area contributed by atoms with Gasteiger partial charge in [0.2, 0.25) is 0 Å². The predicted octanol–water partition coefficient (Wildman–Crippen LogP) is 1.29. The van der Waals surface area contributed by atoms with E-state index in [0.29, 0.717) is 32.0 Å². The molecule has 6 heteroatoms. The van der Waals surface area contributed by atoms with Crippen molar-refractivity contribution in [1.29, 1.82) is 0 Å². The first-order chi connectivity index (χ1) is 9.99. The molecule has 1 amide bonds. The number of likely N-dealkylation sites (tertiary alicyclic amines) is 1. The number of carbonyl (C=O) groups is 1. The van der Waals surface area contributed by atoms with E-state index in [4.69, 9.17) is 5.73 Å². The van der Waals surface area contributed by atoms with E-state index in [9.17, 15) is 13.2 Å². The third-order valence-electron chi connectivity index (χ3n) is 3.83. The molecule has 21 heavy (non-hydrogen) atoms.